The van der Waals surface area contributed by atoms with Gasteiger partial charge in [-0.1, -0.05) is 12.1 Å². The smallest absolute Gasteiger partial charge is 0.276 e. The highest BCUT2D eigenvalue weighted by Crippen LogP contribution is 2.34. The molecule has 0 aliphatic carbocycles. The topological polar surface area (TPSA) is 82.2 Å². The van der Waals surface area contributed by atoms with Gasteiger partial charge < -0.3 is 4.90 Å². The number of aromatic nitrogens is 3. The Morgan fingerprint density at radius 1 is 1.25 bits per heavy atom. The number of fused-ring (bicyclic) bond motifs is 2. The highest BCUT2D eigenvalue weighted by molar-refractivity contribution is 7.82. The fraction of sp³-hybridized carbons (Fsp3) is 0.400. The number of nitrogens with zero attached hydrogens (tertiary/aromatic N) is 4. The van der Waals surface area contributed by atoms with Crippen molar-refractivity contribution in [2.45, 2.75) is 29.8 Å². The molecule has 0 spiro atoms. The van der Waals surface area contributed by atoms with Crippen LogP contribution in [0.4, 0.5) is 4.39 Å². The largest absolute Gasteiger partial charge is 0.334 e. The number of benzene rings is 1. The molecule has 2 aliphatic rings. The van der Waals surface area contributed by atoms with E-state index in [0.717, 1.165) is 12.8 Å². The molecule has 1 N–H and O–H groups in total. The monoisotopic (exact) mass is 349 g/mol. The van der Waals surface area contributed by atoms with E-state index in [1.54, 1.807) is 23.1 Å². The van der Waals surface area contributed by atoms with Crippen molar-refractivity contribution in [3.05, 3.63) is 42.0 Å². The Kier molecular flexibility index (Phi) is 3.89. The van der Waals surface area contributed by atoms with Gasteiger partial charge in [-0.3, -0.25) is 4.79 Å². The van der Waals surface area contributed by atoms with Crippen molar-refractivity contribution in [2.75, 3.05) is 13.1 Å². The lowest BCUT2D eigenvalue weighted by Crippen LogP contribution is -2.55. The van der Waals surface area contributed by atoms with E-state index in [9.17, 15) is 13.4 Å². The number of H-pyrrole nitrogens is 1. The Morgan fingerprint density at radius 3 is 2.58 bits per heavy atom. The molecule has 3 atom stereocenters. The second-order valence-corrected chi connectivity index (χ2v) is 7.35. The summed E-state index contributed by atoms with van der Waals surface area (Å²) in [5.74, 6) is -0.645. The molecule has 2 bridgehead atoms. The van der Waals surface area contributed by atoms with Gasteiger partial charge in [0.2, 0.25) is 0 Å². The maximum Gasteiger partial charge on any atom is 0.276 e. The van der Waals surface area contributed by atoms with Crippen molar-refractivity contribution in [3.63, 3.8) is 0 Å². The molecule has 1 aromatic heterocycles. The molecule has 24 heavy (non-hydrogen) atoms. The number of hydrogen-bond donors (Lipinski definition) is 1. The predicted octanol–water partition coefficient (Wildman–Crippen LogP) is 0.955. The zero-order chi connectivity index (χ0) is 16.7. The average molecular weight is 349 g/mol. The zero-order valence-electron chi connectivity index (χ0n) is 12.8. The minimum absolute atomic E-state index is 0.0416. The second-order valence-electron chi connectivity index (χ2n) is 5.99. The standard InChI is InChI=1S/C15H16FN5O2S/c16-12-3-1-2-4-14(12)24(23)21-10-5-6-11(21)9-20(8-10)15(22)13-7-17-19-18-13/h1-4,7,10-11H,5-6,8-9H2,(H,17,18,19). The second kappa shape index (κ2) is 6.06. The van der Waals surface area contributed by atoms with Crippen molar-refractivity contribution < 1.29 is 13.4 Å². The highest BCUT2D eigenvalue weighted by atomic mass is 32.2. The van der Waals surface area contributed by atoms with Gasteiger partial charge in [0, 0.05) is 25.2 Å². The summed E-state index contributed by atoms with van der Waals surface area (Å²) in [6.07, 6.45) is 3.08. The summed E-state index contributed by atoms with van der Waals surface area (Å²) in [6.45, 7) is 0.921. The van der Waals surface area contributed by atoms with Gasteiger partial charge >= 0.3 is 0 Å². The van der Waals surface area contributed by atoms with Crippen molar-refractivity contribution in [1.29, 1.82) is 0 Å². The lowest BCUT2D eigenvalue weighted by molar-refractivity contribution is 0.0615. The molecule has 3 unspecified atom stereocenters. The first-order valence-corrected chi connectivity index (χ1v) is 8.85. The first-order chi connectivity index (χ1) is 11.6. The number of piperazine rings is 1. The van der Waals surface area contributed by atoms with E-state index in [-0.39, 0.29) is 28.6 Å². The Morgan fingerprint density at radius 2 is 1.96 bits per heavy atom. The van der Waals surface area contributed by atoms with Crippen molar-refractivity contribution >= 4 is 16.9 Å². The first kappa shape index (κ1) is 15.4. The molecule has 2 aromatic rings. The molecular formula is C15H16FN5O2S. The molecule has 1 aromatic carbocycles. The average Bonchev–Trinajstić information content (AvgIpc) is 3.20. The number of amides is 1. The Bertz CT molecular complexity index is 770. The highest BCUT2D eigenvalue weighted by Gasteiger charge is 2.45. The Balaban J connectivity index is 1.54. The van der Waals surface area contributed by atoms with Gasteiger partial charge in [-0.15, -0.1) is 0 Å². The van der Waals surface area contributed by atoms with E-state index in [1.165, 1.54) is 12.3 Å². The van der Waals surface area contributed by atoms with Crippen molar-refractivity contribution in [2.24, 2.45) is 0 Å². The van der Waals surface area contributed by atoms with E-state index in [2.05, 4.69) is 15.4 Å². The molecule has 0 radical (unpaired) electrons. The lowest BCUT2D eigenvalue weighted by Gasteiger charge is -2.39. The van der Waals surface area contributed by atoms with E-state index in [0.29, 0.717) is 13.1 Å². The van der Waals surface area contributed by atoms with Gasteiger partial charge in [-0.25, -0.2) is 12.9 Å². The number of nitrogens with one attached hydrogen (secondary N) is 1. The van der Waals surface area contributed by atoms with E-state index >= 15 is 0 Å². The summed E-state index contributed by atoms with van der Waals surface area (Å²) >= 11 is 0. The van der Waals surface area contributed by atoms with Crippen LogP contribution in [0.5, 0.6) is 0 Å². The number of carbonyl (C=O) groups is 1. The van der Waals surface area contributed by atoms with Gasteiger partial charge in [0.15, 0.2) is 5.69 Å². The van der Waals surface area contributed by atoms with Crippen LogP contribution in [-0.2, 0) is 11.0 Å². The fourth-order valence-corrected chi connectivity index (χ4v) is 5.01. The molecule has 3 heterocycles. The summed E-state index contributed by atoms with van der Waals surface area (Å²) in [5, 5.41) is 9.92. The summed E-state index contributed by atoms with van der Waals surface area (Å²) in [6, 6.07) is 6.05. The third-order valence-electron chi connectivity index (χ3n) is 4.55. The molecule has 9 heteroatoms. The Hall–Kier alpha value is -2.13. The molecule has 2 fully saturated rings. The molecule has 126 valence electrons. The maximum atomic E-state index is 14.0. The molecule has 7 nitrogen and oxygen atoms in total. The number of halogens is 1. The van der Waals surface area contributed by atoms with Crippen LogP contribution < -0.4 is 0 Å². The first-order valence-electron chi connectivity index (χ1n) is 7.75. The number of aromatic amines is 1. The van der Waals surface area contributed by atoms with Gasteiger partial charge in [0.1, 0.15) is 16.8 Å². The fourth-order valence-electron chi connectivity index (χ4n) is 3.47. The van der Waals surface area contributed by atoms with Crippen LogP contribution in [0.2, 0.25) is 0 Å². The van der Waals surface area contributed by atoms with Crippen LogP contribution in [0.3, 0.4) is 0 Å². The molecule has 2 aliphatic heterocycles. The minimum Gasteiger partial charge on any atom is -0.334 e. The van der Waals surface area contributed by atoms with Gasteiger partial charge in [-0.2, -0.15) is 15.4 Å². The number of rotatable bonds is 3. The van der Waals surface area contributed by atoms with Gasteiger partial charge in [0.25, 0.3) is 5.91 Å². The van der Waals surface area contributed by atoms with Crippen molar-refractivity contribution in [1.82, 2.24) is 24.6 Å². The number of hydrogen-bond acceptors (Lipinski definition) is 4. The SMILES string of the molecule is O=C(c1cn[nH]n1)N1CC2CCC(C1)N2S(=O)c1ccccc1F. The Labute approximate surface area is 140 Å². The van der Waals surface area contributed by atoms with Crippen LogP contribution in [0, 0.1) is 5.82 Å². The van der Waals surface area contributed by atoms with Crippen LogP contribution >= 0.6 is 0 Å². The van der Waals surface area contributed by atoms with Crippen LogP contribution in [0.25, 0.3) is 0 Å². The maximum absolute atomic E-state index is 14.0. The number of likely N-dealkylation sites (tertiary alicyclic amines) is 1. The molecule has 4 rings (SSSR count). The molecule has 1 amide bonds. The van der Waals surface area contributed by atoms with Crippen LogP contribution in [0.1, 0.15) is 23.3 Å². The van der Waals surface area contributed by atoms with E-state index in [1.807, 2.05) is 4.31 Å². The van der Waals surface area contributed by atoms with Crippen LogP contribution in [0.15, 0.2) is 35.4 Å². The minimum atomic E-state index is -1.56. The zero-order valence-corrected chi connectivity index (χ0v) is 13.6. The molecule has 0 saturated carbocycles. The predicted molar refractivity (Wildman–Crippen MR) is 83.7 cm³/mol. The summed E-state index contributed by atoms with van der Waals surface area (Å²) in [7, 11) is -1.56. The lowest BCUT2D eigenvalue weighted by atomic mass is 10.2. The third-order valence-corrected chi connectivity index (χ3v) is 6.24. The molecule has 2 saturated heterocycles. The van der Waals surface area contributed by atoms with E-state index < -0.39 is 16.8 Å². The normalized spacial score (nSPS) is 25.0. The van der Waals surface area contributed by atoms with E-state index in [4.69, 9.17) is 0 Å². The summed E-state index contributed by atoms with van der Waals surface area (Å²) in [5.41, 5.74) is 0.276. The summed E-state index contributed by atoms with van der Waals surface area (Å²) in [4.78, 5) is 14.3. The molecular weight excluding hydrogens is 333 g/mol. The van der Waals surface area contributed by atoms with Crippen LogP contribution in [-0.4, -0.2) is 59.9 Å². The third kappa shape index (κ3) is 2.53. The summed E-state index contributed by atoms with van der Waals surface area (Å²) < 4.78 is 28.7. The van der Waals surface area contributed by atoms with Gasteiger partial charge in [0.05, 0.1) is 11.1 Å². The quantitative estimate of drug-likeness (QED) is 0.895. The van der Waals surface area contributed by atoms with Gasteiger partial charge in [-0.05, 0) is 25.0 Å². The number of carbonyl (C=O) groups excluding carboxylic acids is 1. The van der Waals surface area contributed by atoms with Crippen molar-refractivity contribution in [3.8, 4) is 0 Å².